The number of benzene rings is 1. The lowest BCUT2D eigenvalue weighted by atomic mass is 9.91. The molecule has 0 saturated carbocycles. The van der Waals surface area contributed by atoms with Gasteiger partial charge in [-0.3, -0.25) is 19.7 Å². The zero-order valence-electron chi connectivity index (χ0n) is 11.5. The van der Waals surface area contributed by atoms with Gasteiger partial charge >= 0.3 is 0 Å². The number of rotatable bonds is 5. The zero-order chi connectivity index (χ0) is 15.6. The Labute approximate surface area is 120 Å². The maximum absolute atomic E-state index is 12.4. The number of ketones is 2. The summed E-state index contributed by atoms with van der Waals surface area (Å²) in [5.74, 6) is -1.44. The molecule has 1 aromatic carbocycles. The highest BCUT2D eigenvalue weighted by Gasteiger charge is 2.36. The normalized spacial score (nSPS) is 14.0. The van der Waals surface area contributed by atoms with E-state index < -0.39 is 16.5 Å². The molecule has 0 unspecified atom stereocenters. The van der Waals surface area contributed by atoms with Crippen molar-refractivity contribution in [3.8, 4) is 0 Å². The van der Waals surface area contributed by atoms with E-state index in [-0.39, 0.29) is 41.5 Å². The van der Waals surface area contributed by atoms with Crippen molar-refractivity contribution in [3.05, 3.63) is 51.0 Å². The topological polar surface area (TPSA) is 95.7 Å². The number of non-ortho nitro benzene ring substituents is 1. The fourth-order valence-corrected chi connectivity index (χ4v) is 2.03. The first-order valence-corrected chi connectivity index (χ1v) is 6.38. The second-order valence-corrected chi connectivity index (χ2v) is 4.17. The molecule has 7 heteroatoms. The van der Waals surface area contributed by atoms with Gasteiger partial charge in [0.15, 0.2) is 0 Å². The first kappa shape index (κ1) is 14.7. The second kappa shape index (κ2) is 5.74. The molecule has 1 aromatic rings. The van der Waals surface area contributed by atoms with Gasteiger partial charge in [0.1, 0.15) is 0 Å². The molecule has 1 aliphatic carbocycles. The fraction of sp³-hybridized carbons (Fsp3) is 0.286. The monoisotopic (exact) mass is 291 g/mol. The van der Waals surface area contributed by atoms with Crippen molar-refractivity contribution in [3.63, 3.8) is 0 Å². The third-order valence-electron chi connectivity index (χ3n) is 2.90. The molecule has 2 rings (SSSR count). The number of carbonyl (C=O) groups excluding carboxylic acids is 2. The highest BCUT2D eigenvalue weighted by molar-refractivity contribution is 6.25. The Morgan fingerprint density at radius 1 is 1.00 bits per heavy atom. The summed E-state index contributed by atoms with van der Waals surface area (Å²) in [7, 11) is 0. The van der Waals surface area contributed by atoms with Gasteiger partial charge in [-0.15, -0.1) is 0 Å². The minimum Gasteiger partial charge on any atom is -0.486 e. The number of allylic oxidation sites excluding steroid dienone is 2. The number of Topliss-reactive ketones (excluding diaryl/α,β-unsaturated/α-hetero) is 2. The minimum absolute atomic E-state index is 0.0406. The predicted molar refractivity (Wildman–Crippen MR) is 72.0 cm³/mol. The molecule has 0 aliphatic heterocycles. The molecule has 110 valence electrons. The number of hydrogen-bond donors (Lipinski definition) is 0. The summed E-state index contributed by atoms with van der Waals surface area (Å²) in [5, 5.41) is 10.8. The fourth-order valence-electron chi connectivity index (χ4n) is 2.03. The Morgan fingerprint density at radius 3 is 2.00 bits per heavy atom. The van der Waals surface area contributed by atoms with Gasteiger partial charge in [-0.1, -0.05) is 0 Å². The van der Waals surface area contributed by atoms with E-state index in [1.807, 2.05) is 0 Å². The smallest absolute Gasteiger partial charge is 0.270 e. The van der Waals surface area contributed by atoms with E-state index >= 15 is 0 Å². The van der Waals surface area contributed by atoms with Crippen LogP contribution in [0.4, 0.5) is 5.69 Å². The molecule has 1 aliphatic rings. The number of hydrogen-bond acceptors (Lipinski definition) is 6. The molecular formula is C14H13NO6. The van der Waals surface area contributed by atoms with Crippen molar-refractivity contribution in [2.45, 2.75) is 13.8 Å². The van der Waals surface area contributed by atoms with Crippen LogP contribution in [-0.4, -0.2) is 29.7 Å². The average Bonchev–Trinajstić information content (AvgIpc) is 2.47. The maximum Gasteiger partial charge on any atom is 0.270 e. The summed E-state index contributed by atoms with van der Waals surface area (Å²) in [5.41, 5.74) is -0.218. The van der Waals surface area contributed by atoms with Gasteiger partial charge in [-0.25, -0.2) is 0 Å². The lowest BCUT2D eigenvalue weighted by Crippen LogP contribution is -2.25. The molecule has 0 fully saturated rings. The van der Waals surface area contributed by atoms with Gasteiger partial charge in [0.25, 0.3) is 5.69 Å². The van der Waals surface area contributed by atoms with Crippen LogP contribution in [0.5, 0.6) is 0 Å². The number of carbonyl (C=O) groups is 2. The third-order valence-corrected chi connectivity index (χ3v) is 2.90. The van der Waals surface area contributed by atoms with Crippen LogP contribution < -0.4 is 0 Å². The van der Waals surface area contributed by atoms with E-state index in [1.54, 1.807) is 13.8 Å². The summed E-state index contributed by atoms with van der Waals surface area (Å²) in [6.07, 6.45) is 0. The van der Waals surface area contributed by atoms with Crippen LogP contribution in [0, 0.1) is 10.1 Å². The lowest BCUT2D eigenvalue weighted by molar-refractivity contribution is -0.384. The molecule has 7 nitrogen and oxygen atoms in total. The Hall–Kier alpha value is -2.70. The molecule has 0 heterocycles. The highest BCUT2D eigenvalue weighted by atomic mass is 16.6. The molecule has 0 radical (unpaired) electrons. The molecule has 0 spiro atoms. The van der Waals surface area contributed by atoms with E-state index in [2.05, 4.69) is 0 Å². The van der Waals surface area contributed by atoms with Crippen LogP contribution in [0.1, 0.15) is 34.6 Å². The predicted octanol–water partition coefficient (Wildman–Crippen LogP) is 2.26. The van der Waals surface area contributed by atoms with E-state index in [1.165, 1.54) is 12.1 Å². The largest absolute Gasteiger partial charge is 0.486 e. The Bertz CT molecular complexity index is 661. The number of nitro benzene ring substituents is 1. The van der Waals surface area contributed by atoms with E-state index in [4.69, 9.17) is 9.47 Å². The quantitative estimate of drug-likeness (QED) is 0.610. The number of ether oxygens (including phenoxy) is 2. The SMILES string of the molecule is CCOC1=C(OCC)C(=O)c2cc([N+](=O)[O-])ccc2C1=O. The van der Waals surface area contributed by atoms with Gasteiger partial charge < -0.3 is 9.47 Å². The molecule has 0 amide bonds. The Kier molecular flexibility index (Phi) is 4.02. The van der Waals surface area contributed by atoms with Gasteiger partial charge in [-0.2, -0.15) is 0 Å². The van der Waals surface area contributed by atoms with E-state index in [9.17, 15) is 19.7 Å². The Balaban J connectivity index is 2.60. The van der Waals surface area contributed by atoms with Crippen molar-refractivity contribution < 1.29 is 24.0 Å². The minimum atomic E-state index is -0.625. The van der Waals surface area contributed by atoms with Crippen LogP contribution in [-0.2, 0) is 9.47 Å². The zero-order valence-corrected chi connectivity index (χ0v) is 11.5. The van der Waals surface area contributed by atoms with Crippen LogP contribution in [0.3, 0.4) is 0 Å². The Morgan fingerprint density at radius 2 is 1.52 bits per heavy atom. The van der Waals surface area contributed by atoms with Gasteiger partial charge in [0.05, 0.1) is 18.1 Å². The highest BCUT2D eigenvalue weighted by Crippen LogP contribution is 2.30. The van der Waals surface area contributed by atoms with Gasteiger partial charge in [-0.05, 0) is 19.9 Å². The third kappa shape index (κ3) is 2.49. The maximum atomic E-state index is 12.4. The average molecular weight is 291 g/mol. The molecular weight excluding hydrogens is 278 g/mol. The lowest BCUT2D eigenvalue weighted by Gasteiger charge is -2.20. The number of nitrogens with zero attached hydrogens (tertiary/aromatic N) is 1. The molecule has 0 aromatic heterocycles. The summed E-state index contributed by atoms with van der Waals surface area (Å²) >= 11 is 0. The van der Waals surface area contributed by atoms with Crippen molar-refractivity contribution in [2.75, 3.05) is 13.2 Å². The van der Waals surface area contributed by atoms with Crippen molar-refractivity contribution in [1.29, 1.82) is 0 Å². The second-order valence-electron chi connectivity index (χ2n) is 4.17. The number of fused-ring (bicyclic) bond motifs is 1. The number of nitro groups is 1. The molecule has 0 atom stereocenters. The summed E-state index contributed by atoms with van der Waals surface area (Å²) in [6.45, 7) is 3.72. The first-order valence-electron chi connectivity index (χ1n) is 6.38. The molecule has 0 saturated heterocycles. The van der Waals surface area contributed by atoms with Crippen LogP contribution in [0.2, 0.25) is 0 Å². The molecule has 21 heavy (non-hydrogen) atoms. The molecule has 0 bridgehead atoms. The standard InChI is InChI=1S/C14H13NO6/c1-3-20-13-11(16)9-6-5-8(15(18)19)7-10(9)12(17)14(13)21-4-2/h5-7H,3-4H2,1-2H3. The summed E-state index contributed by atoms with van der Waals surface area (Å²) in [6, 6.07) is 3.52. The summed E-state index contributed by atoms with van der Waals surface area (Å²) in [4.78, 5) is 34.9. The van der Waals surface area contributed by atoms with Crippen molar-refractivity contribution in [1.82, 2.24) is 0 Å². The van der Waals surface area contributed by atoms with Crippen LogP contribution in [0.25, 0.3) is 0 Å². The first-order chi connectivity index (χ1) is 10.0. The van der Waals surface area contributed by atoms with Crippen LogP contribution in [0.15, 0.2) is 29.7 Å². The van der Waals surface area contributed by atoms with E-state index in [0.29, 0.717) is 0 Å². The van der Waals surface area contributed by atoms with Gasteiger partial charge in [0.2, 0.25) is 23.1 Å². The van der Waals surface area contributed by atoms with Crippen molar-refractivity contribution in [2.24, 2.45) is 0 Å². The van der Waals surface area contributed by atoms with Crippen molar-refractivity contribution >= 4 is 17.3 Å². The molecule has 0 N–H and O–H groups in total. The van der Waals surface area contributed by atoms with Crippen LogP contribution >= 0.6 is 0 Å². The summed E-state index contributed by atoms with van der Waals surface area (Å²) < 4.78 is 10.4. The van der Waals surface area contributed by atoms with Gasteiger partial charge in [0, 0.05) is 23.3 Å². The van der Waals surface area contributed by atoms with E-state index in [0.717, 1.165) is 6.07 Å².